The van der Waals surface area contributed by atoms with Crippen molar-refractivity contribution in [1.82, 2.24) is 0 Å². The average Bonchev–Trinajstić information content (AvgIpc) is 4.10. The fraction of sp³-hybridized carbons (Fsp3) is 0.575. The molecule has 0 bridgehead atoms. The van der Waals surface area contributed by atoms with E-state index in [0.29, 0.717) is 37.6 Å². The minimum absolute atomic E-state index is 0. The first-order chi connectivity index (χ1) is 32.8. The van der Waals surface area contributed by atoms with Gasteiger partial charge in [-0.25, -0.2) is 0 Å². The van der Waals surface area contributed by atoms with Crippen molar-refractivity contribution in [3.63, 3.8) is 0 Å². The summed E-state index contributed by atoms with van der Waals surface area (Å²) in [6.45, 7) is 5.74. The third-order valence-corrected chi connectivity index (χ3v) is 122. The summed E-state index contributed by atoms with van der Waals surface area (Å²) in [5.74, 6) is -3.19. The van der Waals surface area contributed by atoms with Crippen molar-refractivity contribution in [3.05, 3.63) is 59.7 Å². The summed E-state index contributed by atoms with van der Waals surface area (Å²) in [5.41, 5.74) is -1.05. The van der Waals surface area contributed by atoms with E-state index in [1.807, 2.05) is 30.3 Å². The van der Waals surface area contributed by atoms with Crippen molar-refractivity contribution in [1.29, 1.82) is 0 Å². The second-order valence-corrected chi connectivity index (χ2v) is 87.8. The Morgan fingerprint density at radius 3 is 1.34 bits per heavy atom. The molecule has 1 spiro atoms. The largest absolute Gasteiger partial charge is 0.465 e. The van der Waals surface area contributed by atoms with Gasteiger partial charge in [0.05, 0.1) is 26.4 Å². The predicted octanol–water partition coefficient (Wildman–Crippen LogP) is 15.6. The normalized spacial score (nSPS) is 26.4. The summed E-state index contributed by atoms with van der Waals surface area (Å²) in [7, 11) is 31.2. The van der Waals surface area contributed by atoms with E-state index >= 15 is 0 Å². The molecule has 1 saturated heterocycles. The average molecular weight is 1690 g/mol. The molecule has 0 aromatic heterocycles. The molecular formula is C40H64O11P18V8. The first kappa shape index (κ1) is 87.4. The number of carbonyl (C=O) groups is 5. The van der Waals surface area contributed by atoms with Crippen LogP contribution in [0, 0.1) is 34.5 Å². The van der Waals surface area contributed by atoms with Crippen LogP contribution in [-0.2, 0) is 191 Å². The fourth-order valence-corrected chi connectivity index (χ4v) is 221. The van der Waals surface area contributed by atoms with Crippen LogP contribution in [0.25, 0.3) is 0 Å². The molecule has 5 fully saturated rings. The number of benzene rings is 2. The fourth-order valence-electron chi connectivity index (χ4n) is 11.9. The summed E-state index contributed by atoms with van der Waals surface area (Å²) in [6, 6.07) is 14.7. The summed E-state index contributed by atoms with van der Waals surface area (Å²) >= 11 is 0. The van der Waals surface area contributed by atoms with E-state index in [2.05, 4.69) is 89.3 Å². The Balaban J connectivity index is 0. The summed E-state index contributed by atoms with van der Waals surface area (Å²) < 4.78 is 34.4. The molecule has 11 nitrogen and oxygen atoms in total. The van der Waals surface area contributed by atoms with Crippen molar-refractivity contribution < 1.29 is 201 Å². The van der Waals surface area contributed by atoms with Crippen LogP contribution in [0.1, 0.15) is 88.2 Å². The second-order valence-electron chi connectivity index (χ2n) is 17.5. The monoisotopic (exact) mass is 1690 g/mol. The number of carbonyl (C=O) groups excluding carboxylic acids is 5. The number of Topliss-reactive ketones (excluding diaryl/α,β-unsaturated/α-hetero) is 1. The standard InChI is InChI=1S/C21H24O6.C19H20O5.H20P18.8V/c1-2-24-18(22)21-15-8-5-7-14(15)20(25-10-11-26-20)12-16(21)13-6-3-4-9-17(13)27-19(21)23;1-2-23-17(21)19-13-8-5-7-11(13)15(20)10-14(19)12-6-3-4-9-16(12)24-18(19)22;1-11(2)16(12(3)4)18(15(9)10)17(13(5)6)14(7)8;;;;;;;;/h3-4,6,9,14-16H,2,5,7-8,10-12H2,1H3;3-4,6,9,11,13-14H,2,5,7-8,10H2,1H3;1-10H2;;;;;;;;. The molecule has 3 aliphatic heterocycles. The van der Waals surface area contributed by atoms with Crippen molar-refractivity contribution in [2.24, 2.45) is 34.5 Å². The van der Waals surface area contributed by atoms with Crippen molar-refractivity contribution >= 4 is 175 Å². The van der Waals surface area contributed by atoms with E-state index in [4.69, 9.17) is 28.4 Å². The van der Waals surface area contributed by atoms with Crippen LogP contribution < -0.4 is 9.47 Å². The van der Waals surface area contributed by atoms with Crippen LogP contribution in [0.5, 0.6) is 11.5 Å². The number of hydrogen-bond acceptors (Lipinski definition) is 11. The van der Waals surface area contributed by atoms with Crippen LogP contribution in [0.3, 0.4) is 0 Å². The summed E-state index contributed by atoms with van der Waals surface area (Å²) in [5, 5.41) is 0. The van der Waals surface area contributed by atoms with Gasteiger partial charge in [0.25, 0.3) is 0 Å². The van der Waals surface area contributed by atoms with E-state index in [1.54, 1.807) is 32.0 Å². The van der Waals surface area contributed by atoms with Gasteiger partial charge in [0.2, 0.25) is 0 Å². The zero-order valence-corrected chi connectivity index (χ0v) is 71.9. The SMILES string of the molecule is CCOC(=O)C12C(=O)Oc3ccccc3C1CC(=O)C1CCCC12.CCOC(=O)C12C(=O)Oc3ccccc3C1CC1(OCCO1)C1CCCC12.PP(P)P(P(P)P)P(P(P)P)P(P(P)P)P(P)P.[V].[V].[V].[V].[V].[V].[V].[V]. The molecule has 0 N–H and O–H groups in total. The number of esters is 4. The van der Waals surface area contributed by atoms with Crippen LogP contribution in [0.4, 0.5) is 0 Å². The van der Waals surface area contributed by atoms with Gasteiger partial charge in [-0.05, 0) is 125 Å². The molecular weight excluding hydrogens is 1620 g/mol. The van der Waals surface area contributed by atoms with E-state index < -0.39 is 46.4 Å². The van der Waals surface area contributed by atoms with Crippen molar-refractivity contribution in [2.45, 2.75) is 82.8 Å². The molecule has 4 saturated carbocycles. The zero-order valence-electron chi connectivity index (χ0n) is 42.0. The topological polar surface area (TPSA) is 141 Å². The maximum absolute atomic E-state index is 13.4. The maximum Gasteiger partial charge on any atom is 0.329 e. The van der Waals surface area contributed by atoms with Crippen molar-refractivity contribution in [3.8, 4) is 11.5 Å². The number of ketones is 1. The molecule has 2 aromatic rings. The first-order valence-corrected chi connectivity index (χ1v) is 54.3. The Bertz CT molecular complexity index is 2220. The summed E-state index contributed by atoms with van der Waals surface area (Å²) in [6.07, 6.45) is 5.54. The van der Waals surface area contributed by atoms with E-state index in [9.17, 15) is 24.0 Å². The van der Waals surface area contributed by atoms with Crippen LogP contribution in [0.2, 0.25) is 0 Å². The van der Waals surface area contributed by atoms with Crippen LogP contribution >= 0.6 is 145 Å². The smallest absolute Gasteiger partial charge is 0.329 e. The van der Waals surface area contributed by atoms with Gasteiger partial charge in [0, 0.05) is 191 Å². The number of rotatable bonds is 11. The van der Waals surface area contributed by atoms with Gasteiger partial charge < -0.3 is 28.4 Å². The number of para-hydroxylation sites is 2. The number of ether oxygens (including phenoxy) is 6. The van der Waals surface area contributed by atoms with E-state index in [1.165, 1.54) is 0 Å². The molecule has 420 valence electrons. The molecule has 0 amide bonds. The molecule has 18 unspecified atom stereocenters. The molecule has 18 atom stereocenters. The van der Waals surface area contributed by atoms with E-state index in [0.717, 1.165) is 43.2 Å². The van der Waals surface area contributed by atoms with Crippen molar-refractivity contribution in [2.75, 3.05) is 26.4 Å². The Morgan fingerprint density at radius 1 is 0.532 bits per heavy atom. The molecule has 2 aromatic carbocycles. The molecule has 7 aliphatic rings. The Labute approximate surface area is 583 Å². The molecule has 9 rings (SSSR count). The summed E-state index contributed by atoms with van der Waals surface area (Å²) in [4.78, 5) is 65.4. The first-order valence-electron chi connectivity index (χ1n) is 22.5. The van der Waals surface area contributed by atoms with Gasteiger partial charge in [-0.3, -0.25) is 24.0 Å². The second kappa shape index (κ2) is 39.8. The minimum atomic E-state index is -1.38. The quantitative estimate of drug-likeness (QED) is 0.0919. The van der Waals surface area contributed by atoms with Gasteiger partial charge in [-0.15, -0.1) is 89.3 Å². The van der Waals surface area contributed by atoms with Gasteiger partial charge in [-0.1, -0.05) is 49.2 Å². The predicted molar refractivity (Wildman–Crippen MR) is 331 cm³/mol. The Morgan fingerprint density at radius 2 is 0.909 bits per heavy atom. The Hall–Kier alpha value is 8.33. The van der Waals surface area contributed by atoms with E-state index in [-0.39, 0.29) is 259 Å². The molecule has 37 heteroatoms. The number of hydrogen-bond donors (Lipinski definition) is 0. The Kier molecular flexibility index (Phi) is 45.1. The number of fused-ring (bicyclic) bond motifs is 11. The third-order valence-electron chi connectivity index (χ3n) is 14.2. The minimum Gasteiger partial charge on any atom is -0.465 e. The van der Waals surface area contributed by atoms with Gasteiger partial charge in [0.15, 0.2) is 16.6 Å². The van der Waals surface area contributed by atoms with Crippen LogP contribution in [0.15, 0.2) is 48.5 Å². The van der Waals surface area contributed by atoms with Gasteiger partial charge in [0.1, 0.15) is 17.3 Å². The third kappa shape index (κ3) is 18.4. The van der Waals surface area contributed by atoms with Gasteiger partial charge >= 0.3 is 23.9 Å². The maximum atomic E-state index is 13.4. The van der Waals surface area contributed by atoms with Crippen LogP contribution in [-0.4, -0.2) is 61.9 Å². The molecule has 8 radical (unpaired) electrons. The van der Waals surface area contributed by atoms with Gasteiger partial charge in [-0.2, -0.15) is 0 Å². The zero-order chi connectivity index (χ0) is 50.2. The molecule has 3 heterocycles. The molecule has 4 aliphatic carbocycles. The molecule has 77 heavy (non-hydrogen) atoms.